The van der Waals surface area contributed by atoms with Gasteiger partial charge in [0.2, 0.25) is 0 Å². The van der Waals surface area contributed by atoms with Crippen LogP contribution >= 0.6 is 12.6 Å². The number of hydrogen-bond donors (Lipinski definition) is 1. The quantitative estimate of drug-likeness (QED) is 0.159. The standard InChI is InChI=1S/C54H46N2S/c1-3-13-53(57)36-23-31-52-46(33-36)45-32-35(2)22-30-51(45)56(52)39-26-24-38(25-27-39)55(37-14-5-4-6-15-37)40-28-29-44-43-18-9-12-21-49(43)54(50(44)34-40)47-19-10-7-16-41(47)42-17-8-11-20-48(42)54/h4-5,7-12,14,16-21,23-29,31-34,53,57H,3,6,13,15,22,30H2,1-2H3. The molecule has 0 saturated carbocycles. The normalized spacial score (nSPS) is 16.1. The number of anilines is 2. The average molecular weight is 755 g/mol. The van der Waals surface area contributed by atoms with Crippen molar-refractivity contribution in [3.63, 3.8) is 0 Å². The number of rotatable bonds is 7. The van der Waals surface area contributed by atoms with Crippen molar-refractivity contribution < 1.29 is 0 Å². The van der Waals surface area contributed by atoms with Gasteiger partial charge in [0.25, 0.3) is 0 Å². The second-order valence-electron chi connectivity index (χ2n) is 16.4. The first kappa shape index (κ1) is 34.5. The summed E-state index contributed by atoms with van der Waals surface area (Å²) in [7, 11) is 0. The number of thiol groups is 1. The Balaban J connectivity index is 1.07. The summed E-state index contributed by atoms with van der Waals surface area (Å²) in [5.74, 6) is 0. The second-order valence-corrected chi connectivity index (χ2v) is 17.0. The number of aromatic nitrogens is 1. The molecule has 2 nitrogen and oxygen atoms in total. The third-order valence-corrected chi connectivity index (χ3v) is 13.7. The van der Waals surface area contributed by atoms with Crippen molar-refractivity contribution in [3.8, 4) is 27.9 Å². The molecule has 57 heavy (non-hydrogen) atoms. The van der Waals surface area contributed by atoms with Gasteiger partial charge in [-0.2, -0.15) is 12.6 Å². The molecule has 4 aliphatic rings. The average Bonchev–Trinajstić information content (AvgIpc) is 3.85. The van der Waals surface area contributed by atoms with Crippen molar-refractivity contribution in [2.45, 2.75) is 63.0 Å². The highest BCUT2D eigenvalue weighted by molar-refractivity contribution is 7.80. The summed E-state index contributed by atoms with van der Waals surface area (Å²) in [5, 5.41) is 1.59. The lowest BCUT2D eigenvalue weighted by Crippen LogP contribution is -2.26. The van der Waals surface area contributed by atoms with E-state index in [2.05, 4.69) is 181 Å². The van der Waals surface area contributed by atoms with Crippen molar-refractivity contribution >= 4 is 41.0 Å². The van der Waals surface area contributed by atoms with Gasteiger partial charge in [0.15, 0.2) is 0 Å². The monoisotopic (exact) mass is 754 g/mol. The molecule has 11 rings (SSSR count). The van der Waals surface area contributed by atoms with Crippen LogP contribution in [0.4, 0.5) is 11.4 Å². The largest absolute Gasteiger partial charge is 0.314 e. The molecule has 0 bridgehead atoms. The minimum absolute atomic E-state index is 0.252. The van der Waals surface area contributed by atoms with Gasteiger partial charge in [-0.05, 0) is 144 Å². The third-order valence-electron chi connectivity index (χ3n) is 13.1. The predicted octanol–water partition coefficient (Wildman–Crippen LogP) is 14.5. The first-order chi connectivity index (χ1) is 28.1. The van der Waals surface area contributed by atoms with Crippen LogP contribution in [0.3, 0.4) is 0 Å². The highest BCUT2D eigenvalue weighted by atomic mass is 32.1. The fraction of sp³-hybridized carbons (Fsp3) is 0.185. The highest BCUT2D eigenvalue weighted by Gasteiger charge is 2.51. The summed E-state index contributed by atoms with van der Waals surface area (Å²) >= 11 is 5.00. The minimum Gasteiger partial charge on any atom is -0.314 e. The van der Waals surface area contributed by atoms with Crippen LogP contribution < -0.4 is 4.90 Å². The van der Waals surface area contributed by atoms with Crippen LogP contribution in [-0.2, 0) is 11.8 Å². The third kappa shape index (κ3) is 5.11. The van der Waals surface area contributed by atoms with Crippen molar-refractivity contribution in [2.75, 3.05) is 4.90 Å². The highest BCUT2D eigenvalue weighted by Crippen LogP contribution is 2.63. The van der Waals surface area contributed by atoms with E-state index in [-0.39, 0.29) is 10.7 Å². The molecule has 1 atom stereocenters. The Morgan fingerprint density at radius 3 is 1.98 bits per heavy atom. The Labute approximate surface area is 341 Å². The Morgan fingerprint density at radius 2 is 1.33 bits per heavy atom. The molecule has 0 fully saturated rings. The molecule has 0 saturated heterocycles. The Kier molecular flexibility index (Phi) is 8.12. The van der Waals surface area contributed by atoms with Crippen LogP contribution in [0.1, 0.15) is 90.3 Å². The van der Waals surface area contributed by atoms with Crippen molar-refractivity contribution in [2.24, 2.45) is 0 Å². The summed E-state index contributed by atoms with van der Waals surface area (Å²) in [5.41, 5.74) is 22.2. The molecule has 3 heteroatoms. The maximum absolute atomic E-state index is 5.00. The topological polar surface area (TPSA) is 8.17 Å². The smallest absolute Gasteiger partial charge is 0.0726 e. The van der Waals surface area contributed by atoms with Crippen molar-refractivity contribution in [1.82, 2.24) is 4.57 Å². The van der Waals surface area contributed by atoms with E-state index in [1.165, 1.54) is 101 Å². The van der Waals surface area contributed by atoms with Gasteiger partial charge in [-0.1, -0.05) is 122 Å². The molecule has 1 heterocycles. The zero-order valence-electron chi connectivity index (χ0n) is 32.7. The zero-order chi connectivity index (χ0) is 38.3. The number of benzene rings is 6. The molecular formula is C54H46N2S. The van der Waals surface area contributed by atoms with Gasteiger partial charge in [0.1, 0.15) is 0 Å². The van der Waals surface area contributed by atoms with E-state index in [1.807, 2.05) is 0 Å². The van der Waals surface area contributed by atoms with Gasteiger partial charge in [-0.15, -0.1) is 0 Å². The van der Waals surface area contributed by atoms with Crippen LogP contribution in [0.2, 0.25) is 0 Å². The van der Waals surface area contributed by atoms with E-state index in [0.29, 0.717) is 0 Å². The van der Waals surface area contributed by atoms with Gasteiger partial charge < -0.3 is 9.47 Å². The Morgan fingerprint density at radius 1 is 0.684 bits per heavy atom. The molecular weight excluding hydrogens is 709 g/mol. The molecule has 1 aromatic heterocycles. The first-order valence-corrected chi connectivity index (χ1v) is 21.3. The molecule has 6 aromatic carbocycles. The second kappa shape index (κ2) is 13.4. The maximum atomic E-state index is 5.00. The molecule has 4 aliphatic carbocycles. The maximum Gasteiger partial charge on any atom is 0.0726 e. The van der Waals surface area contributed by atoms with E-state index in [0.717, 1.165) is 38.5 Å². The zero-order valence-corrected chi connectivity index (χ0v) is 33.6. The van der Waals surface area contributed by atoms with E-state index in [9.17, 15) is 0 Å². The fourth-order valence-corrected chi connectivity index (χ4v) is 11.0. The van der Waals surface area contributed by atoms with Crippen molar-refractivity contribution in [3.05, 3.63) is 202 Å². The van der Waals surface area contributed by atoms with Gasteiger partial charge in [0.05, 0.1) is 10.9 Å². The first-order valence-electron chi connectivity index (χ1n) is 20.8. The summed E-state index contributed by atoms with van der Waals surface area (Å²) in [6, 6.07) is 50.9. The molecule has 7 aromatic rings. The number of nitrogens with zero attached hydrogens (tertiary/aromatic N) is 2. The SMILES string of the molecule is CCCC(S)c1ccc2c(c1)c1c(n2-c2ccc(N(C3=CC=CCC3)c3ccc4c(c3)C3(c5ccccc5-c5ccccc53)c3ccccc3-4)cc2)CCC(C)=C1. The van der Waals surface area contributed by atoms with Crippen molar-refractivity contribution in [1.29, 1.82) is 0 Å². The van der Waals surface area contributed by atoms with E-state index >= 15 is 0 Å². The molecule has 1 spiro atoms. The summed E-state index contributed by atoms with van der Waals surface area (Å²) in [4.78, 5) is 2.51. The fourth-order valence-electron chi connectivity index (χ4n) is 10.6. The van der Waals surface area contributed by atoms with Crippen LogP contribution in [0.5, 0.6) is 0 Å². The molecule has 0 aliphatic heterocycles. The van der Waals surface area contributed by atoms with Crippen LogP contribution in [-0.4, -0.2) is 4.57 Å². The summed E-state index contributed by atoms with van der Waals surface area (Å²) in [6.45, 7) is 4.52. The van der Waals surface area contributed by atoms with Gasteiger partial charge in [-0.25, -0.2) is 0 Å². The van der Waals surface area contributed by atoms with E-state index in [4.69, 9.17) is 12.6 Å². The van der Waals surface area contributed by atoms with Gasteiger partial charge in [0, 0.05) is 44.7 Å². The van der Waals surface area contributed by atoms with Crippen LogP contribution in [0, 0.1) is 0 Å². The Hall–Kier alpha value is -5.77. The molecule has 1 unspecified atom stereocenters. The molecule has 0 N–H and O–H groups in total. The molecule has 278 valence electrons. The lowest BCUT2D eigenvalue weighted by atomic mass is 9.70. The summed E-state index contributed by atoms with van der Waals surface area (Å²) in [6.07, 6.45) is 15.6. The Bertz CT molecular complexity index is 2780. The van der Waals surface area contributed by atoms with E-state index < -0.39 is 0 Å². The number of allylic oxidation sites excluding steroid dienone is 5. The lowest BCUT2D eigenvalue weighted by Gasteiger charge is -2.33. The number of hydrogen-bond acceptors (Lipinski definition) is 2. The summed E-state index contributed by atoms with van der Waals surface area (Å²) < 4.78 is 2.52. The lowest BCUT2D eigenvalue weighted by molar-refractivity contribution is 0.783. The predicted molar refractivity (Wildman–Crippen MR) is 243 cm³/mol. The van der Waals surface area contributed by atoms with Crippen LogP contribution in [0.15, 0.2) is 163 Å². The minimum atomic E-state index is -0.379. The van der Waals surface area contributed by atoms with E-state index in [1.54, 1.807) is 0 Å². The molecule has 0 amide bonds. The number of fused-ring (bicyclic) bond motifs is 13. The van der Waals surface area contributed by atoms with Crippen LogP contribution in [0.25, 0.3) is 44.9 Å². The van der Waals surface area contributed by atoms with Gasteiger partial charge in [-0.3, -0.25) is 0 Å². The van der Waals surface area contributed by atoms with Gasteiger partial charge >= 0.3 is 0 Å². The molecule has 0 radical (unpaired) electrons.